The maximum Gasteiger partial charge on any atom is 0.131 e. The van der Waals surface area contributed by atoms with Crippen LogP contribution in [0.3, 0.4) is 0 Å². The first-order valence-corrected chi connectivity index (χ1v) is 5.78. The molecule has 1 heterocycles. The molecule has 1 aromatic carbocycles. The normalized spacial score (nSPS) is 10.8. The first kappa shape index (κ1) is 11.6. The van der Waals surface area contributed by atoms with Gasteiger partial charge in [0.1, 0.15) is 5.82 Å². The number of fused-ring (bicyclic) bond motifs is 1. The second-order valence-corrected chi connectivity index (χ2v) is 4.72. The predicted molar refractivity (Wildman–Crippen MR) is 74.1 cm³/mol. The highest BCUT2D eigenvalue weighted by Gasteiger charge is 2.09. The van der Waals surface area contributed by atoms with Crippen molar-refractivity contribution in [2.75, 3.05) is 5.73 Å². The molecule has 2 aromatic rings. The van der Waals surface area contributed by atoms with Crippen LogP contribution in [0, 0.1) is 13.8 Å². The molecule has 0 saturated heterocycles. The predicted octanol–water partition coefficient (Wildman–Crippen LogP) is 3.55. The molecule has 0 radical (unpaired) electrons. The second kappa shape index (κ2) is 4.21. The van der Waals surface area contributed by atoms with Gasteiger partial charge in [0, 0.05) is 11.6 Å². The monoisotopic (exact) mass is 226 g/mol. The number of nitrogen functional groups attached to an aromatic ring is 1. The van der Waals surface area contributed by atoms with E-state index in [9.17, 15) is 0 Å². The summed E-state index contributed by atoms with van der Waals surface area (Å²) in [4.78, 5) is 4.14. The number of nitrogens with two attached hydrogens (primary N) is 1. The lowest BCUT2D eigenvalue weighted by molar-refractivity contribution is 1.11. The average molecular weight is 226 g/mol. The molecule has 0 aliphatic heterocycles. The van der Waals surface area contributed by atoms with Crippen molar-refractivity contribution >= 4 is 16.6 Å². The minimum absolute atomic E-state index is 0.607. The molecule has 0 unspecified atom stereocenters. The van der Waals surface area contributed by atoms with Gasteiger partial charge in [-0.1, -0.05) is 12.2 Å². The number of anilines is 1. The molecule has 2 N–H and O–H groups in total. The number of hydrogen-bond acceptors (Lipinski definition) is 2. The molecule has 2 rings (SSSR count). The summed E-state index contributed by atoms with van der Waals surface area (Å²) in [6.45, 7) is 10.3. The van der Waals surface area contributed by atoms with Crippen molar-refractivity contribution in [3.8, 4) is 0 Å². The number of aromatic nitrogens is 1. The summed E-state index contributed by atoms with van der Waals surface area (Å²) in [6, 6.07) is 4.16. The van der Waals surface area contributed by atoms with Crippen LogP contribution in [0.1, 0.15) is 23.6 Å². The molecule has 0 saturated carbocycles. The highest BCUT2D eigenvalue weighted by molar-refractivity contribution is 5.94. The maximum atomic E-state index is 5.92. The van der Waals surface area contributed by atoms with Crippen molar-refractivity contribution in [2.24, 2.45) is 0 Å². The topological polar surface area (TPSA) is 38.9 Å². The van der Waals surface area contributed by atoms with E-state index in [1.165, 1.54) is 27.6 Å². The van der Waals surface area contributed by atoms with Gasteiger partial charge in [-0.3, -0.25) is 0 Å². The Kier molecular flexibility index (Phi) is 2.88. The zero-order chi connectivity index (χ0) is 12.6. The van der Waals surface area contributed by atoms with Crippen LogP contribution in [0.2, 0.25) is 0 Å². The van der Waals surface area contributed by atoms with E-state index in [0.29, 0.717) is 5.82 Å². The number of allylic oxidation sites excluding steroid dienone is 1. The van der Waals surface area contributed by atoms with Gasteiger partial charge in [0.15, 0.2) is 0 Å². The Labute approximate surface area is 102 Å². The van der Waals surface area contributed by atoms with Crippen molar-refractivity contribution in [1.82, 2.24) is 4.98 Å². The van der Waals surface area contributed by atoms with Crippen LogP contribution in [-0.4, -0.2) is 4.98 Å². The molecule has 88 valence electrons. The van der Waals surface area contributed by atoms with Crippen LogP contribution in [0.15, 0.2) is 30.5 Å². The van der Waals surface area contributed by atoms with Crippen LogP contribution in [-0.2, 0) is 6.42 Å². The van der Waals surface area contributed by atoms with Gasteiger partial charge < -0.3 is 5.73 Å². The third kappa shape index (κ3) is 2.03. The van der Waals surface area contributed by atoms with Gasteiger partial charge in [0.05, 0.1) is 0 Å². The summed E-state index contributed by atoms with van der Waals surface area (Å²) in [5, 5.41) is 2.24. The van der Waals surface area contributed by atoms with Crippen LogP contribution < -0.4 is 5.73 Å². The highest BCUT2D eigenvalue weighted by atomic mass is 14.8. The lowest BCUT2D eigenvalue weighted by Crippen LogP contribution is -1.99. The lowest BCUT2D eigenvalue weighted by Gasteiger charge is -2.14. The molecule has 0 fully saturated rings. The standard InChI is InChI=1S/C15H18N2/c1-9(2)7-13-10(3)8-14-12(11(13)4)5-6-17-15(14)16/h5-6,8H,1,7H2,2-4H3,(H2,16,17). The number of rotatable bonds is 2. The van der Waals surface area contributed by atoms with Gasteiger partial charge in [-0.2, -0.15) is 0 Å². The minimum atomic E-state index is 0.607. The molecular formula is C15H18N2. The van der Waals surface area contributed by atoms with Gasteiger partial charge in [0.25, 0.3) is 0 Å². The SMILES string of the molecule is C=C(C)Cc1c(C)cc2c(N)nccc2c1C. The Balaban J connectivity index is 2.76. The average Bonchev–Trinajstić information content (AvgIpc) is 2.26. The van der Waals surface area contributed by atoms with E-state index in [1.54, 1.807) is 6.20 Å². The third-order valence-electron chi connectivity index (χ3n) is 3.19. The molecule has 0 aliphatic rings. The fraction of sp³-hybridized carbons (Fsp3) is 0.267. The molecule has 0 atom stereocenters. The van der Waals surface area contributed by atoms with Crippen molar-refractivity contribution in [3.05, 3.63) is 47.2 Å². The zero-order valence-electron chi connectivity index (χ0n) is 10.7. The summed E-state index contributed by atoms with van der Waals surface area (Å²) in [5.74, 6) is 0.607. The number of pyridine rings is 1. The third-order valence-corrected chi connectivity index (χ3v) is 3.19. The van der Waals surface area contributed by atoms with Crippen molar-refractivity contribution in [2.45, 2.75) is 27.2 Å². The Hall–Kier alpha value is -1.83. The Morgan fingerprint density at radius 2 is 2.06 bits per heavy atom. The van der Waals surface area contributed by atoms with E-state index >= 15 is 0 Å². The fourth-order valence-electron chi connectivity index (χ4n) is 2.30. The van der Waals surface area contributed by atoms with E-state index in [-0.39, 0.29) is 0 Å². The van der Waals surface area contributed by atoms with E-state index in [4.69, 9.17) is 5.73 Å². The van der Waals surface area contributed by atoms with Crippen molar-refractivity contribution < 1.29 is 0 Å². The molecule has 1 aromatic heterocycles. The Morgan fingerprint density at radius 3 is 2.71 bits per heavy atom. The summed E-state index contributed by atoms with van der Waals surface area (Å²) in [7, 11) is 0. The van der Waals surface area contributed by atoms with Gasteiger partial charge in [-0.15, -0.1) is 0 Å². The summed E-state index contributed by atoms with van der Waals surface area (Å²) in [5.41, 5.74) is 11.0. The number of hydrogen-bond donors (Lipinski definition) is 1. The highest BCUT2D eigenvalue weighted by Crippen LogP contribution is 2.28. The van der Waals surface area contributed by atoms with E-state index in [0.717, 1.165) is 11.8 Å². The van der Waals surface area contributed by atoms with Crippen LogP contribution in [0.4, 0.5) is 5.82 Å². The van der Waals surface area contributed by atoms with Crippen molar-refractivity contribution in [3.63, 3.8) is 0 Å². The molecule has 0 spiro atoms. The summed E-state index contributed by atoms with van der Waals surface area (Å²) < 4.78 is 0. The van der Waals surface area contributed by atoms with Gasteiger partial charge in [-0.25, -0.2) is 4.98 Å². The first-order valence-electron chi connectivity index (χ1n) is 5.78. The van der Waals surface area contributed by atoms with Gasteiger partial charge in [0.2, 0.25) is 0 Å². The fourth-order valence-corrected chi connectivity index (χ4v) is 2.30. The quantitative estimate of drug-likeness (QED) is 0.795. The van der Waals surface area contributed by atoms with E-state index in [2.05, 4.69) is 38.4 Å². The van der Waals surface area contributed by atoms with E-state index in [1.807, 2.05) is 6.07 Å². The number of benzene rings is 1. The van der Waals surface area contributed by atoms with Crippen molar-refractivity contribution in [1.29, 1.82) is 0 Å². The molecule has 0 bridgehead atoms. The lowest BCUT2D eigenvalue weighted by atomic mass is 9.92. The van der Waals surface area contributed by atoms with Crippen LogP contribution in [0.25, 0.3) is 10.8 Å². The summed E-state index contributed by atoms with van der Waals surface area (Å²) >= 11 is 0. The number of nitrogens with zero attached hydrogens (tertiary/aromatic N) is 1. The maximum absolute atomic E-state index is 5.92. The molecular weight excluding hydrogens is 208 g/mol. The number of aryl methyl sites for hydroxylation is 2. The summed E-state index contributed by atoms with van der Waals surface area (Å²) in [6.07, 6.45) is 2.69. The molecule has 17 heavy (non-hydrogen) atoms. The zero-order valence-corrected chi connectivity index (χ0v) is 10.7. The smallest absolute Gasteiger partial charge is 0.131 e. The van der Waals surface area contributed by atoms with Crippen LogP contribution >= 0.6 is 0 Å². The van der Waals surface area contributed by atoms with Gasteiger partial charge >= 0.3 is 0 Å². The second-order valence-electron chi connectivity index (χ2n) is 4.72. The van der Waals surface area contributed by atoms with Crippen LogP contribution in [0.5, 0.6) is 0 Å². The molecule has 2 heteroatoms. The minimum Gasteiger partial charge on any atom is -0.383 e. The van der Waals surface area contributed by atoms with Gasteiger partial charge in [-0.05, 0) is 61.4 Å². The molecule has 0 amide bonds. The molecule has 0 aliphatic carbocycles. The van der Waals surface area contributed by atoms with E-state index < -0.39 is 0 Å². The Bertz CT molecular complexity index is 597. The Morgan fingerprint density at radius 1 is 1.35 bits per heavy atom. The first-order chi connectivity index (χ1) is 8.00. The molecule has 2 nitrogen and oxygen atoms in total. The largest absolute Gasteiger partial charge is 0.383 e.